The molecule has 1 saturated heterocycles. The van der Waals surface area contributed by atoms with Gasteiger partial charge < -0.3 is 15.1 Å². The number of amides is 1. The third-order valence-electron chi connectivity index (χ3n) is 3.72. The molecular formula is C16H26ClN3O. The van der Waals surface area contributed by atoms with Crippen LogP contribution in [0.3, 0.4) is 0 Å². The van der Waals surface area contributed by atoms with E-state index in [1.54, 1.807) is 0 Å². The molecular weight excluding hydrogens is 286 g/mol. The van der Waals surface area contributed by atoms with Crippen LogP contribution in [0.2, 0.25) is 0 Å². The summed E-state index contributed by atoms with van der Waals surface area (Å²) in [6.45, 7) is 6.14. The van der Waals surface area contributed by atoms with Crippen molar-refractivity contribution in [1.29, 1.82) is 0 Å². The summed E-state index contributed by atoms with van der Waals surface area (Å²) < 4.78 is 0. The predicted octanol–water partition coefficient (Wildman–Crippen LogP) is 1.74. The van der Waals surface area contributed by atoms with Gasteiger partial charge in [0.2, 0.25) is 5.91 Å². The molecule has 0 radical (unpaired) electrons. The maximum Gasteiger partial charge on any atom is 0.228 e. The lowest BCUT2D eigenvalue weighted by Crippen LogP contribution is -2.51. The van der Waals surface area contributed by atoms with E-state index < -0.39 is 0 Å². The van der Waals surface area contributed by atoms with E-state index in [0.29, 0.717) is 6.54 Å². The van der Waals surface area contributed by atoms with E-state index in [4.69, 9.17) is 0 Å². The highest BCUT2D eigenvalue weighted by atomic mass is 35.5. The molecule has 0 unspecified atom stereocenters. The van der Waals surface area contributed by atoms with Crippen LogP contribution in [-0.4, -0.2) is 49.4 Å². The van der Waals surface area contributed by atoms with E-state index in [9.17, 15) is 4.79 Å². The molecule has 21 heavy (non-hydrogen) atoms. The summed E-state index contributed by atoms with van der Waals surface area (Å²) >= 11 is 0. The van der Waals surface area contributed by atoms with Crippen LogP contribution in [0.15, 0.2) is 24.3 Å². The van der Waals surface area contributed by atoms with Gasteiger partial charge in [-0.3, -0.25) is 4.79 Å². The second-order valence-corrected chi connectivity index (χ2v) is 5.76. The van der Waals surface area contributed by atoms with Crippen LogP contribution in [0, 0.1) is 5.92 Å². The van der Waals surface area contributed by atoms with Gasteiger partial charge in [0, 0.05) is 32.7 Å². The molecule has 1 N–H and O–H groups in total. The van der Waals surface area contributed by atoms with Gasteiger partial charge in [-0.1, -0.05) is 24.3 Å². The molecule has 2 rings (SSSR count). The molecule has 1 aliphatic rings. The van der Waals surface area contributed by atoms with Gasteiger partial charge in [0.15, 0.2) is 0 Å². The SMILES string of the molecule is CCN(Cc1ccc(CN(C)C)cc1)C(=O)C1CNC1.Cl. The van der Waals surface area contributed by atoms with Crippen molar-refractivity contribution < 1.29 is 4.79 Å². The maximum absolute atomic E-state index is 12.3. The summed E-state index contributed by atoms with van der Waals surface area (Å²) in [6.07, 6.45) is 0. The summed E-state index contributed by atoms with van der Waals surface area (Å²) in [7, 11) is 4.14. The third-order valence-corrected chi connectivity index (χ3v) is 3.72. The van der Waals surface area contributed by atoms with E-state index in [1.807, 2.05) is 11.8 Å². The first-order valence-electron chi connectivity index (χ1n) is 7.32. The zero-order chi connectivity index (χ0) is 14.5. The highest BCUT2D eigenvalue weighted by molar-refractivity contribution is 5.85. The number of hydrogen-bond acceptors (Lipinski definition) is 3. The smallest absolute Gasteiger partial charge is 0.228 e. The first-order chi connectivity index (χ1) is 9.60. The highest BCUT2D eigenvalue weighted by Gasteiger charge is 2.28. The quantitative estimate of drug-likeness (QED) is 0.869. The minimum Gasteiger partial charge on any atom is -0.338 e. The van der Waals surface area contributed by atoms with Crippen molar-refractivity contribution in [2.45, 2.75) is 20.0 Å². The van der Waals surface area contributed by atoms with Crippen molar-refractivity contribution in [3.8, 4) is 0 Å². The second kappa shape index (κ2) is 8.37. The van der Waals surface area contributed by atoms with Crippen molar-refractivity contribution >= 4 is 18.3 Å². The van der Waals surface area contributed by atoms with Gasteiger partial charge in [0.05, 0.1) is 5.92 Å². The Kier molecular flexibility index (Phi) is 7.15. The number of carbonyl (C=O) groups is 1. The number of benzene rings is 1. The molecule has 4 nitrogen and oxygen atoms in total. The number of nitrogens with one attached hydrogen (secondary N) is 1. The van der Waals surface area contributed by atoms with Crippen molar-refractivity contribution in [1.82, 2.24) is 15.1 Å². The summed E-state index contributed by atoms with van der Waals surface area (Å²) in [5, 5.41) is 3.16. The first kappa shape index (κ1) is 18.0. The number of hydrogen-bond donors (Lipinski definition) is 1. The van der Waals surface area contributed by atoms with Crippen LogP contribution in [0.1, 0.15) is 18.1 Å². The average Bonchev–Trinajstić information content (AvgIpc) is 2.35. The van der Waals surface area contributed by atoms with Crippen molar-refractivity contribution in [3.05, 3.63) is 35.4 Å². The molecule has 0 aromatic heterocycles. The third kappa shape index (κ3) is 4.99. The fourth-order valence-corrected chi connectivity index (χ4v) is 2.40. The lowest BCUT2D eigenvalue weighted by Gasteiger charge is -2.32. The van der Waals surface area contributed by atoms with Crippen LogP contribution in [-0.2, 0) is 17.9 Å². The molecule has 1 aliphatic heterocycles. The molecule has 0 spiro atoms. The van der Waals surface area contributed by atoms with Gasteiger partial charge in [0.25, 0.3) is 0 Å². The van der Waals surface area contributed by atoms with E-state index in [0.717, 1.165) is 26.2 Å². The molecule has 1 fully saturated rings. The Morgan fingerprint density at radius 3 is 2.05 bits per heavy atom. The Bertz CT molecular complexity index is 443. The molecule has 0 bridgehead atoms. The molecule has 1 aromatic rings. The second-order valence-electron chi connectivity index (χ2n) is 5.76. The van der Waals surface area contributed by atoms with Crippen LogP contribution in [0.5, 0.6) is 0 Å². The normalized spacial score (nSPS) is 14.5. The summed E-state index contributed by atoms with van der Waals surface area (Å²) in [5.41, 5.74) is 2.51. The molecule has 5 heteroatoms. The number of nitrogens with zero attached hydrogens (tertiary/aromatic N) is 2. The number of rotatable bonds is 6. The largest absolute Gasteiger partial charge is 0.338 e. The van der Waals surface area contributed by atoms with Crippen molar-refractivity contribution in [2.75, 3.05) is 33.7 Å². The molecule has 0 atom stereocenters. The van der Waals surface area contributed by atoms with Gasteiger partial charge in [-0.2, -0.15) is 0 Å². The van der Waals surface area contributed by atoms with E-state index in [1.165, 1.54) is 11.1 Å². The standard InChI is InChI=1S/C16H25N3O.ClH/c1-4-19(16(20)15-9-17-10-15)12-14-7-5-13(6-8-14)11-18(2)3;/h5-8,15,17H,4,9-12H2,1-3H3;1H. The number of carbonyl (C=O) groups excluding carboxylic acids is 1. The van der Waals surface area contributed by atoms with E-state index in [2.05, 4.69) is 48.6 Å². The molecule has 1 heterocycles. The molecule has 0 aliphatic carbocycles. The molecule has 0 saturated carbocycles. The lowest BCUT2D eigenvalue weighted by molar-refractivity contribution is -0.137. The van der Waals surface area contributed by atoms with Crippen LogP contribution >= 0.6 is 12.4 Å². The van der Waals surface area contributed by atoms with Crippen molar-refractivity contribution in [2.24, 2.45) is 5.92 Å². The van der Waals surface area contributed by atoms with Gasteiger partial charge in [-0.15, -0.1) is 12.4 Å². The Morgan fingerprint density at radius 2 is 1.67 bits per heavy atom. The first-order valence-corrected chi connectivity index (χ1v) is 7.32. The molecule has 1 aromatic carbocycles. The molecule has 1 amide bonds. The number of halogens is 1. The zero-order valence-corrected chi connectivity index (χ0v) is 13.9. The van der Waals surface area contributed by atoms with E-state index in [-0.39, 0.29) is 24.2 Å². The Hall–Kier alpha value is -1.10. The molecule has 118 valence electrons. The Labute approximate surface area is 133 Å². The van der Waals surface area contributed by atoms with Crippen molar-refractivity contribution in [3.63, 3.8) is 0 Å². The van der Waals surface area contributed by atoms with Gasteiger partial charge in [-0.05, 0) is 32.1 Å². The predicted molar refractivity (Wildman–Crippen MR) is 88.5 cm³/mol. The Balaban J connectivity index is 0.00000220. The maximum atomic E-state index is 12.3. The van der Waals surface area contributed by atoms with Gasteiger partial charge >= 0.3 is 0 Å². The average molecular weight is 312 g/mol. The van der Waals surface area contributed by atoms with E-state index >= 15 is 0 Å². The van der Waals surface area contributed by atoms with Crippen LogP contribution in [0.4, 0.5) is 0 Å². The zero-order valence-electron chi connectivity index (χ0n) is 13.1. The highest BCUT2D eigenvalue weighted by Crippen LogP contribution is 2.13. The minimum absolute atomic E-state index is 0. The summed E-state index contributed by atoms with van der Waals surface area (Å²) in [4.78, 5) is 16.4. The fraction of sp³-hybridized carbons (Fsp3) is 0.562. The Morgan fingerprint density at radius 1 is 1.14 bits per heavy atom. The van der Waals surface area contributed by atoms with Crippen LogP contribution in [0.25, 0.3) is 0 Å². The summed E-state index contributed by atoms with van der Waals surface area (Å²) in [5.74, 6) is 0.464. The minimum atomic E-state index is 0. The van der Waals surface area contributed by atoms with Crippen LogP contribution < -0.4 is 5.32 Å². The van der Waals surface area contributed by atoms with Gasteiger partial charge in [0.1, 0.15) is 0 Å². The monoisotopic (exact) mass is 311 g/mol. The lowest BCUT2D eigenvalue weighted by atomic mass is 10.0. The summed E-state index contributed by atoms with van der Waals surface area (Å²) in [6, 6.07) is 8.57. The topological polar surface area (TPSA) is 35.6 Å². The van der Waals surface area contributed by atoms with Gasteiger partial charge in [-0.25, -0.2) is 0 Å². The fourth-order valence-electron chi connectivity index (χ4n) is 2.40.